The highest BCUT2D eigenvalue weighted by Gasteiger charge is 2.23. The van der Waals surface area contributed by atoms with E-state index < -0.39 is 0 Å². The molecule has 0 unspecified atom stereocenters. The molecule has 6 heteroatoms. The molecule has 0 atom stereocenters. The van der Waals surface area contributed by atoms with Crippen molar-refractivity contribution in [2.45, 2.75) is 6.92 Å². The Morgan fingerprint density at radius 3 is 2.58 bits per heavy atom. The maximum Gasteiger partial charge on any atom is 0.218 e. The number of aryl methyl sites for hydroxylation is 1. The quantitative estimate of drug-likeness (QED) is 0.721. The van der Waals surface area contributed by atoms with Crippen molar-refractivity contribution in [2.24, 2.45) is 4.99 Å². The van der Waals surface area contributed by atoms with Gasteiger partial charge < -0.3 is 0 Å². The number of hydrogen-bond donors (Lipinski definition) is 0. The van der Waals surface area contributed by atoms with Gasteiger partial charge in [0.1, 0.15) is 6.54 Å². The molecule has 0 fully saturated rings. The van der Waals surface area contributed by atoms with E-state index >= 15 is 0 Å². The highest BCUT2D eigenvalue weighted by atomic mass is 32.2. The third-order valence-corrected chi connectivity index (χ3v) is 4.56. The smallest absolute Gasteiger partial charge is 0.218 e. The van der Waals surface area contributed by atoms with Gasteiger partial charge >= 0.3 is 0 Å². The molecule has 1 aliphatic heterocycles. The van der Waals surface area contributed by atoms with Gasteiger partial charge in [-0.15, -0.1) is 0 Å². The van der Waals surface area contributed by atoms with Gasteiger partial charge in [-0.2, -0.15) is 5.10 Å². The summed E-state index contributed by atoms with van der Waals surface area (Å²) in [5, 5.41) is 5.30. The van der Waals surface area contributed by atoms with Gasteiger partial charge in [0, 0.05) is 11.8 Å². The fourth-order valence-electron chi connectivity index (χ4n) is 2.50. The second kappa shape index (κ2) is 6.05. The molecule has 3 heterocycles. The Kier molecular flexibility index (Phi) is 3.74. The van der Waals surface area contributed by atoms with Gasteiger partial charge in [-0.3, -0.25) is 14.8 Å². The summed E-state index contributed by atoms with van der Waals surface area (Å²) in [6.07, 6.45) is 1.74. The number of benzene rings is 1. The molecule has 1 aliphatic rings. The molecule has 1 aromatic carbocycles. The van der Waals surface area contributed by atoms with Crippen molar-refractivity contribution >= 4 is 22.0 Å². The summed E-state index contributed by atoms with van der Waals surface area (Å²) >= 11 is 1.12. The maximum absolute atomic E-state index is 11.6. The molecule has 118 valence electrons. The van der Waals surface area contributed by atoms with Crippen molar-refractivity contribution in [3.05, 3.63) is 60.3 Å². The van der Waals surface area contributed by atoms with E-state index in [0.29, 0.717) is 5.17 Å². The number of carbonyl (C=O) groups is 1. The van der Waals surface area contributed by atoms with E-state index in [-0.39, 0.29) is 11.7 Å². The molecule has 0 radical (unpaired) electrons. The second-order valence-electron chi connectivity index (χ2n) is 5.48. The predicted molar refractivity (Wildman–Crippen MR) is 95.9 cm³/mol. The SMILES string of the molecule is Cc1ccc(-c2cc(-c3ccccn3)n(C3=NCC(=O)S3)n2)cc1. The van der Waals surface area contributed by atoms with Crippen LogP contribution in [0.15, 0.2) is 59.7 Å². The third kappa shape index (κ3) is 2.76. The van der Waals surface area contributed by atoms with Gasteiger partial charge in [-0.1, -0.05) is 35.9 Å². The van der Waals surface area contributed by atoms with Crippen molar-refractivity contribution in [3.8, 4) is 22.6 Å². The van der Waals surface area contributed by atoms with Gasteiger partial charge in [0.25, 0.3) is 0 Å². The van der Waals surface area contributed by atoms with E-state index in [1.807, 2.05) is 36.4 Å². The molecule has 5 nitrogen and oxygen atoms in total. The molecule has 0 N–H and O–H groups in total. The average molecular weight is 334 g/mol. The topological polar surface area (TPSA) is 60.1 Å². The van der Waals surface area contributed by atoms with Crippen LogP contribution in [-0.2, 0) is 4.79 Å². The van der Waals surface area contributed by atoms with Crippen molar-refractivity contribution in [3.63, 3.8) is 0 Å². The van der Waals surface area contributed by atoms with Crippen LogP contribution in [0, 0.1) is 6.92 Å². The predicted octanol–water partition coefficient (Wildman–Crippen LogP) is 3.40. The van der Waals surface area contributed by atoms with Gasteiger partial charge in [-0.25, -0.2) is 4.68 Å². The largest absolute Gasteiger partial charge is 0.285 e. The van der Waals surface area contributed by atoms with E-state index in [2.05, 4.69) is 34.1 Å². The molecular weight excluding hydrogens is 320 g/mol. The minimum absolute atomic E-state index is 0.0318. The standard InChI is InChI=1S/C18H14N4OS/c1-12-5-7-13(8-6-12)15-10-16(14-4-2-3-9-19-14)22(21-15)18-20-11-17(23)24-18/h2-10H,11H2,1H3. The van der Waals surface area contributed by atoms with Crippen molar-refractivity contribution < 1.29 is 4.79 Å². The Bertz CT molecular complexity index is 929. The number of aliphatic imine (C=N–C) groups is 1. The second-order valence-corrected chi connectivity index (χ2v) is 6.51. The molecule has 4 rings (SSSR count). The van der Waals surface area contributed by atoms with Crippen LogP contribution in [0.25, 0.3) is 22.6 Å². The zero-order valence-corrected chi connectivity index (χ0v) is 13.8. The number of carbonyl (C=O) groups excluding carboxylic acids is 1. The number of thioether (sulfide) groups is 1. The highest BCUT2D eigenvalue weighted by molar-refractivity contribution is 8.26. The normalized spacial score (nSPS) is 14.0. The van der Waals surface area contributed by atoms with Crippen LogP contribution in [0.5, 0.6) is 0 Å². The van der Waals surface area contributed by atoms with E-state index in [1.165, 1.54) is 5.56 Å². The lowest BCUT2D eigenvalue weighted by atomic mass is 10.1. The Hall–Kier alpha value is -2.73. The van der Waals surface area contributed by atoms with E-state index in [0.717, 1.165) is 34.4 Å². The summed E-state index contributed by atoms with van der Waals surface area (Å²) in [6, 6.07) is 15.9. The maximum atomic E-state index is 11.6. The zero-order valence-electron chi connectivity index (χ0n) is 13.0. The summed E-state index contributed by atoms with van der Waals surface area (Å²) in [4.78, 5) is 20.3. The molecule has 0 amide bonds. The number of nitrogens with zero attached hydrogens (tertiary/aromatic N) is 4. The number of aromatic nitrogens is 3. The zero-order chi connectivity index (χ0) is 16.5. The van der Waals surface area contributed by atoms with Gasteiger partial charge in [0.15, 0.2) is 5.17 Å². The molecular formula is C18H14N4OS. The number of hydrogen-bond acceptors (Lipinski definition) is 5. The monoisotopic (exact) mass is 334 g/mol. The van der Waals surface area contributed by atoms with Crippen molar-refractivity contribution in [1.29, 1.82) is 0 Å². The first-order valence-corrected chi connectivity index (χ1v) is 8.36. The summed E-state index contributed by atoms with van der Waals surface area (Å²) in [7, 11) is 0. The molecule has 2 aromatic heterocycles. The van der Waals surface area contributed by atoms with Crippen LogP contribution >= 0.6 is 11.8 Å². The van der Waals surface area contributed by atoms with E-state index in [1.54, 1.807) is 10.9 Å². The highest BCUT2D eigenvalue weighted by Crippen LogP contribution is 2.28. The minimum Gasteiger partial charge on any atom is -0.285 e. The van der Waals surface area contributed by atoms with E-state index in [9.17, 15) is 4.79 Å². The lowest BCUT2D eigenvalue weighted by Gasteiger charge is -2.04. The minimum atomic E-state index is 0.0318. The first kappa shape index (κ1) is 14.8. The Labute approximate surface area is 143 Å². The molecule has 0 aliphatic carbocycles. The van der Waals surface area contributed by atoms with Crippen LogP contribution in [-0.4, -0.2) is 31.6 Å². The number of rotatable bonds is 2. The van der Waals surface area contributed by atoms with Crippen LogP contribution in [0.3, 0.4) is 0 Å². The fourth-order valence-corrected chi connectivity index (χ4v) is 3.19. The summed E-state index contributed by atoms with van der Waals surface area (Å²) in [5.41, 5.74) is 4.67. The average Bonchev–Trinajstić information content (AvgIpc) is 3.23. The van der Waals surface area contributed by atoms with Crippen LogP contribution < -0.4 is 0 Å². The lowest BCUT2D eigenvalue weighted by molar-refractivity contribution is -0.109. The van der Waals surface area contributed by atoms with Gasteiger partial charge in [-0.05, 0) is 36.9 Å². The molecule has 0 bridgehead atoms. The fraction of sp³-hybridized carbons (Fsp3) is 0.111. The molecule has 0 saturated carbocycles. The van der Waals surface area contributed by atoms with Crippen LogP contribution in [0.1, 0.15) is 5.56 Å². The van der Waals surface area contributed by atoms with Crippen molar-refractivity contribution in [2.75, 3.05) is 6.54 Å². The Morgan fingerprint density at radius 1 is 1.08 bits per heavy atom. The van der Waals surface area contributed by atoms with Gasteiger partial charge in [0.05, 0.1) is 17.1 Å². The number of pyridine rings is 1. The Morgan fingerprint density at radius 2 is 1.92 bits per heavy atom. The molecule has 0 saturated heterocycles. The first-order valence-electron chi connectivity index (χ1n) is 7.55. The van der Waals surface area contributed by atoms with Crippen LogP contribution in [0.4, 0.5) is 0 Å². The lowest BCUT2D eigenvalue weighted by Crippen LogP contribution is -2.10. The molecule has 0 spiro atoms. The molecule has 3 aromatic rings. The summed E-state index contributed by atoms with van der Waals surface area (Å²) in [5.74, 6) is 0. The summed E-state index contributed by atoms with van der Waals surface area (Å²) < 4.78 is 1.72. The van der Waals surface area contributed by atoms with Crippen molar-refractivity contribution in [1.82, 2.24) is 14.8 Å². The van der Waals surface area contributed by atoms with Gasteiger partial charge in [0.2, 0.25) is 5.12 Å². The Balaban J connectivity index is 1.84. The summed E-state index contributed by atoms with van der Waals surface area (Å²) in [6.45, 7) is 2.25. The van der Waals surface area contributed by atoms with Crippen LogP contribution in [0.2, 0.25) is 0 Å². The third-order valence-electron chi connectivity index (χ3n) is 3.71. The molecule has 24 heavy (non-hydrogen) atoms. The van der Waals surface area contributed by atoms with E-state index in [4.69, 9.17) is 0 Å². The first-order chi connectivity index (χ1) is 11.7.